The number of nitrogens with one attached hydrogen (secondary N) is 2. The van der Waals surface area contributed by atoms with E-state index in [2.05, 4.69) is 15.5 Å². The Morgan fingerprint density at radius 2 is 1.66 bits per heavy atom. The highest BCUT2D eigenvalue weighted by atomic mass is 19.1. The lowest BCUT2D eigenvalue weighted by Gasteiger charge is -2.49. The SMILES string of the molecule is Cc1cccc(C)c1NC(=O)NC1C[C@H]2CCC[C@@H](C1)N2Cc1ccc(F)cc1. The zero-order valence-electron chi connectivity index (χ0n) is 17.2. The van der Waals surface area contributed by atoms with Crippen LogP contribution in [0.3, 0.4) is 0 Å². The van der Waals surface area contributed by atoms with E-state index in [4.69, 9.17) is 0 Å². The number of anilines is 1. The van der Waals surface area contributed by atoms with Crippen LogP contribution >= 0.6 is 0 Å². The fraction of sp³-hybridized carbons (Fsp3) is 0.458. The van der Waals surface area contributed by atoms with Gasteiger partial charge in [-0.1, -0.05) is 36.8 Å². The number of aryl methyl sites for hydroxylation is 2. The van der Waals surface area contributed by atoms with Gasteiger partial charge < -0.3 is 10.6 Å². The maximum absolute atomic E-state index is 13.2. The average molecular weight is 396 g/mol. The molecule has 0 aromatic heterocycles. The van der Waals surface area contributed by atoms with Crippen molar-refractivity contribution in [3.63, 3.8) is 0 Å². The number of urea groups is 1. The number of nitrogens with zero attached hydrogens (tertiary/aromatic N) is 1. The van der Waals surface area contributed by atoms with Crippen LogP contribution in [-0.2, 0) is 6.54 Å². The third kappa shape index (κ3) is 4.61. The minimum absolute atomic E-state index is 0.113. The van der Waals surface area contributed by atoms with Crippen LogP contribution in [0.2, 0.25) is 0 Å². The Kier molecular flexibility index (Phi) is 5.86. The number of piperidine rings is 2. The van der Waals surface area contributed by atoms with Gasteiger partial charge in [-0.25, -0.2) is 9.18 Å². The predicted molar refractivity (Wildman–Crippen MR) is 114 cm³/mol. The molecule has 2 aliphatic heterocycles. The van der Waals surface area contributed by atoms with Crippen molar-refractivity contribution < 1.29 is 9.18 Å². The Labute approximate surface area is 172 Å². The van der Waals surface area contributed by atoms with Gasteiger partial charge in [-0.2, -0.15) is 0 Å². The summed E-state index contributed by atoms with van der Waals surface area (Å²) in [5, 5.41) is 6.26. The van der Waals surface area contributed by atoms with Crippen molar-refractivity contribution in [2.75, 3.05) is 5.32 Å². The third-order valence-electron chi connectivity index (χ3n) is 6.46. The number of benzene rings is 2. The van der Waals surface area contributed by atoms with Gasteiger partial charge in [0.05, 0.1) is 0 Å². The van der Waals surface area contributed by atoms with E-state index in [1.54, 1.807) is 0 Å². The van der Waals surface area contributed by atoms with Crippen LogP contribution in [0.5, 0.6) is 0 Å². The van der Waals surface area contributed by atoms with Gasteiger partial charge in [0, 0.05) is 30.4 Å². The number of fused-ring (bicyclic) bond motifs is 2. The van der Waals surface area contributed by atoms with Gasteiger partial charge in [0.15, 0.2) is 0 Å². The lowest BCUT2D eigenvalue weighted by molar-refractivity contribution is 0.0200. The number of rotatable bonds is 4. The molecule has 0 saturated carbocycles. The smallest absolute Gasteiger partial charge is 0.319 e. The zero-order chi connectivity index (χ0) is 20.4. The summed E-state index contributed by atoms with van der Waals surface area (Å²) >= 11 is 0. The lowest BCUT2D eigenvalue weighted by Crippen LogP contribution is -2.56. The summed E-state index contributed by atoms with van der Waals surface area (Å²) in [6, 6.07) is 13.9. The highest BCUT2D eigenvalue weighted by Crippen LogP contribution is 2.35. The number of hydrogen-bond donors (Lipinski definition) is 2. The Balaban J connectivity index is 1.38. The van der Waals surface area contributed by atoms with E-state index in [1.807, 2.05) is 44.2 Å². The molecular formula is C24H30FN3O. The van der Waals surface area contributed by atoms with Gasteiger partial charge in [0.25, 0.3) is 0 Å². The van der Waals surface area contributed by atoms with Crippen LogP contribution in [0.25, 0.3) is 0 Å². The topological polar surface area (TPSA) is 44.4 Å². The molecule has 4 nitrogen and oxygen atoms in total. The van der Waals surface area contributed by atoms with Gasteiger partial charge in [-0.05, 0) is 68.4 Å². The van der Waals surface area contributed by atoms with Crippen LogP contribution in [0.4, 0.5) is 14.9 Å². The highest BCUT2D eigenvalue weighted by Gasteiger charge is 2.38. The highest BCUT2D eigenvalue weighted by molar-refractivity contribution is 5.91. The van der Waals surface area contributed by atoms with E-state index in [9.17, 15) is 9.18 Å². The molecule has 1 unspecified atom stereocenters. The number of hydrogen-bond acceptors (Lipinski definition) is 2. The van der Waals surface area contributed by atoms with Crippen LogP contribution in [-0.4, -0.2) is 29.1 Å². The second-order valence-electron chi connectivity index (χ2n) is 8.57. The van der Waals surface area contributed by atoms with Crippen molar-refractivity contribution in [1.29, 1.82) is 0 Å². The summed E-state index contributed by atoms with van der Waals surface area (Å²) in [6.45, 7) is 4.89. The molecule has 3 atom stereocenters. The van der Waals surface area contributed by atoms with Crippen LogP contribution in [0.15, 0.2) is 42.5 Å². The molecule has 2 saturated heterocycles. The molecule has 2 fully saturated rings. The number of halogens is 1. The monoisotopic (exact) mass is 395 g/mol. The summed E-state index contributed by atoms with van der Waals surface area (Å²) in [5.41, 5.74) is 4.21. The molecule has 154 valence electrons. The Bertz CT molecular complexity index is 833. The third-order valence-corrected chi connectivity index (χ3v) is 6.46. The maximum atomic E-state index is 13.2. The largest absolute Gasteiger partial charge is 0.335 e. The number of amides is 2. The second kappa shape index (κ2) is 8.54. The molecule has 2 aromatic carbocycles. The maximum Gasteiger partial charge on any atom is 0.319 e. The molecule has 2 bridgehead atoms. The first kappa shape index (κ1) is 19.9. The van der Waals surface area contributed by atoms with E-state index in [0.29, 0.717) is 12.1 Å². The van der Waals surface area contributed by atoms with Gasteiger partial charge >= 0.3 is 6.03 Å². The lowest BCUT2D eigenvalue weighted by atomic mass is 9.81. The van der Waals surface area contributed by atoms with Crippen LogP contribution in [0, 0.1) is 19.7 Å². The Hall–Kier alpha value is -2.40. The van der Waals surface area contributed by atoms with E-state index >= 15 is 0 Å². The van der Waals surface area contributed by atoms with E-state index in [0.717, 1.165) is 54.6 Å². The first-order chi connectivity index (χ1) is 14.0. The molecule has 4 rings (SSSR count). The van der Waals surface area contributed by atoms with Crippen molar-refractivity contribution in [3.8, 4) is 0 Å². The summed E-state index contributed by atoms with van der Waals surface area (Å²) in [6.07, 6.45) is 5.51. The number of carbonyl (C=O) groups excluding carboxylic acids is 1. The minimum Gasteiger partial charge on any atom is -0.335 e. The molecule has 2 amide bonds. The fourth-order valence-electron chi connectivity index (χ4n) is 5.00. The van der Waals surface area contributed by atoms with Gasteiger partial charge in [0.2, 0.25) is 0 Å². The first-order valence-electron chi connectivity index (χ1n) is 10.6. The molecule has 0 spiro atoms. The first-order valence-corrected chi connectivity index (χ1v) is 10.6. The molecule has 2 N–H and O–H groups in total. The van der Waals surface area contributed by atoms with Crippen molar-refractivity contribution in [3.05, 3.63) is 65.0 Å². The van der Waals surface area contributed by atoms with Gasteiger partial charge in [0.1, 0.15) is 5.82 Å². The quantitative estimate of drug-likeness (QED) is 0.752. The number of carbonyl (C=O) groups is 1. The van der Waals surface area contributed by atoms with Crippen molar-refractivity contribution in [2.45, 2.75) is 70.6 Å². The normalized spacial score (nSPS) is 24.2. The van der Waals surface area contributed by atoms with Crippen molar-refractivity contribution in [2.24, 2.45) is 0 Å². The molecular weight excluding hydrogens is 365 g/mol. The summed E-state index contributed by atoms with van der Waals surface area (Å²) in [5.74, 6) is -0.188. The van der Waals surface area contributed by atoms with Crippen molar-refractivity contribution in [1.82, 2.24) is 10.2 Å². The molecule has 0 aliphatic carbocycles. The predicted octanol–water partition coefficient (Wildman–Crippen LogP) is 5.15. The van der Waals surface area contributed by atoms with Crippen molar-refractivity contribution >= 4 is 11.7 Å². The van der Waals surface area contributed by atoms with Crippen LogP contribution < -0.4 is 10.6 Å². The molecule has 5 heteroatoms. The summed E-state index contributed by atoms with van der Waals surface area (Å²) in [4.78, 5) is 15.2. The van der Waals surface area contributed by atoms with Gasteiger partial charge in [-0.3, -0.25) is 4.90 Å². The molecule has 2 aromatic rings. The van der Waals surface area contributed by atoms with E-state index < -0.39 is 0 Å². The second-order valence-corrected chi connectivity index (χ2v) is 8.57. The summed E-state index contributed by atoms with van der Waals surface area (Å²) in [7, 11) is 0. The molecule has 2 aliphatic rings. The Morgan fingerprint density at radius 1 is 1.03 bits per heavy atom. The minimum atomic E-state index is -0.188. The Morgan fingerprint density at radius 3 is 2.28 bits per heavy atom. The van der Waals surface area contributed by atoms with E-state index in [1.165, 1.54) is 18.6 Å². The fourth-order valence-corrected chi connectivity index (χ4v) is 5.00. The molecule has 0 radical (unpaired) electrons. The number of para-hydroxylation sites is 1. The van der Waals surface area contributed by atoms with Gasteiger partial charge in [-0.15, -0.1) is 0 Å². The summed E-state index contributed by atoms with van der Waals surface area (Å²) < 4.78 is 13.2. The van der Waals surface area contributed by atoms with E-state index in [-0.39, 0.29) is 17.9 Å². The van der Waals surface area contributed by atoms with Crippen LogP contribution in [0.1, 0.15) is 48.8 Å². The average Bonchev–Trinajstić information content (AvgIpc) is 2.67. The zero-order valence-corrected chi connectivity index (χ0v) is 17.2. The standard InChI is InChI=1S/C24H30FN3O/c1-16-5-3-6-17(2)23(16)27-24(29)26-20-13-21-7-4-8-22(14-20)28(21)15-18-9-11-19(25)12-10-18/h3,5-6,9-12,20-22H,4,7-8,13-15H2,1-2H3,(H2,26,27,29)/t20?,21-,22+. The molecule has 2 heterocycles. The molecule has 29 heavy (non-hydrogen) atoms.